The van der Waals surface area contributed by atoms with Crippen LogP contribution in [0.3, 0.4) is 0 Å². The first-order valence-electron chi connectivity index (χ1n) is 6.18. The molecule has 1 aromatic heterocycles. The molecule has 1 aliphatic heterocycles. The second-order valence-corrected chi connectivity index (χ2v) is 4.89. The molecular formula is C12H18N4O2. The fraction of sp³-hybridized carbons (Fsp3) is 0.583. The summed E-state index contributed by atoms with van der Waals surface area (Å²) in [5.41, 5.74) is 5.69. The second kappa shape index (κ2) is 4.80. The van der Waals surface area contributed by atoms with Gasteiger partial charge in [0.25, 0.3) is 0 Å². The first kappa shape index (κ1) is 12.6. The van der Waals surface area contributed by atoms with Crippen molar-refractivity contribution in [1.29, 1.82) is 0 Å². The number of nitrogen functional groups attached to an aromatic ring is 1. The Balaban J connectivity index is 2.42. The van der Waals surface area contributed by atoms with Gasteiger partial charge in [-0.3, -0.25) is 10.1 Å². The average molecular weight is 250 g/mol. The van der Waals surface area contributed by atoms with E-state index in [-0.39, 0.29) is 11.7 Å². The van der Waals surface area contributed by atoms with Crippen molar-refractivity contribution in [2.45, 2.75) is 32.7 Å². The van der Waals surface area contributed by atoms with Crippen molar-refractivity contribution in [2.24, 2.45) is 5.92 Å². The fourth-order valence-electron chi connectivity index (χ4n) is 2.44. The van der Waals surface area contributed by atoms with Gasteiger partial charge in [-0.15, -0.1) is 0 Å². The topological polar surface area (TPSA) is 85.3 Å². The summed E-state index contributed by atoms with van der Waals surface area (Å²) in [5.74, 6) is 1.22. The summed E-state index contributed by atoms with van der Waals surface area (Å²) in [4.78, 5) is 16.8. The Bertz CT molecular complexity index is 463. The van der Waals surface area contributed by atoms with Gasteiger partial charge in [0.1, 0.15) is 5.82 Å². The van der Waals surface area contributed by atoms with Crippen LogP contribution in [0.1, 0.15) is 26.7 Å². The normalized spacial score (nSPS) is 24.0. The Labute approximate surface area is 106 Å². The first-order chi connectivity index (χ1) is 8.50. The molecule has 2 unspecified atom stereocenters. The van der Waals surface area contributed by atoms with E-state index in [0.717, 1.165) is 19.4 Å². The molecule has 0 aromatic carbocycles. The van der Waals surface area contributed by atoms with Gasteiger partial charge in [0.15, 0.2) is 0 Å². The number of anilines is 2. The summed E-state index contributed by atoms with van der Waals surface area (Å²) in [7, 11) is 0. The van der Waals surface area contributed by atoms with Gasteiger partial charge in [-0.25, -0.2) is 4.98 Å². The van der Waals surface area contributed by atoms with Gasteiger partial charge in [-0.05, 0) is 31.7 Å². The number of hydrogen-bond acceptors (Lipinski definition) is 5. The number of pyridine rings is 1. The van der Waals surface area contributed by atoms with E-state index < -0.39 is 4.92 Å². The number of piperidine rings is 1. The lowest BCUT2D eigenvalue weighted by molar-refractivity contribution is -0.384. The van der Waals surface area contributed by atoms with Crippen molar-refractivity contribution in [1.82, 2.24) is 4.98 Å². The highest BCUT2D eigenvalue weighted by molar-refractivity contribution is 5.61. The summed E-state index contributed by atoms with van der Waals surface area (Å²) in [6, 6.07) is 3.15. The molecule has 2 atom stereocenters. The molecule has 1 aliphatic rings. The summed E-state index contributed by atoms with van der Waals surface area (Å²) in [6.07, 6.45) is 2.17. The summed E-state index contributed by atoms with van der Waals surface area (Å²) >= 11 is 0. The molecule has 1 aromatic rings. The molecule has 18 heavy (non-hydrogen) atoms. The van der Waals surface area contributed by atoms with Crippen molar-refractivity contribution < 1.29 is 4.92 Å². The minimum Gasteiger partial charge on any atom is -0.384 e. The van der Waals surface area contributed by atoms with E-state index in [1.165, 1.54) is 12.1 Å². The number of hydrogen-bond donors (Lipinski definition) is 1. The smallest absolute Gasteiger partial charge is 0.311 e. The van der Waals surface area contributed by atoms with Gasteiger partial charge < -0.3 is 10.6 Å². The van der Waals surface area contributed by atoms with Crippen LogP contribution < -0.4 is 10.6 Å². The molecule has 1 fully saturated rings. The molecular weight excluding hydrogens is 232 g/mol. The maximum absolute atomic E-state index is 11.1. The van der Waals surface area contributed by atoms with Crippen LogP contribution in [0, 0.1) is 16.0 Å². The molecule has 1 saturated heterocycles. The fourth-order valence-corrected chi connectivity index (χ4v) is 2.44. The van der Waals surface area contributed by atoms with E-state index in [1.807, 2.05) is 4.90 Å². The molecule has 0 amide bonds. The van der Waals surface area contributed by atoms with Crippen molar-refractivity contribution in [3.8, 4) is 0 Å². The van der Waals surface area contributed by atoms with Gasteiger partial charge in [0.05, 0.1) is 4.92 Å². The van der Waals surface area contributed by atoms with Crippen LogP contribution in [0.5, 0.6) is 0 Å². The lowest BCUT2D eigenvalue weighted by Gasteiger charge is -2.38. The van der Waals surface area contributed by atoms with E-state index in [4.69, 9.17) is 5.73 Å². The zero-order chi connectivity index (χ0) is 13.3. The van der Waals surface area contributed by atoms with Gasteiger partial charge in [0.2, 0.25) is 5.82 Å². The number of nitrogens with two attached hydrogens (primary N) is 1. The molecule has 6 nitrogen and oxygen atoms in total. The zero-order valence-corrected chi connectivity index (χ0v) is 10.7. The van der Waals surface area contributed by atoms with Crippen LogP contribution >= 0.6 is 0 Å². The standard InChI is InChI=1S/C12H18N4O2/c1-8-4-3-7-15(9(8)2)12-10(16(17)18)5-6-11(13)14-12/h5-6,8-9H,3-4,7H2,1-2H3,(H2,13,14). The SMILES string of the molecule is CC1CCCN(c2nc(N)ccc2[N+](=O)[O-])C1C. The Hall–Kier alpha value is -1.85. The van der Waals surface area contributed by atoms with E-state index >= 15 is 0 Å². The third kappa shape index (κ3) is 2.23. The third-order valence-electron chi connectivity index (χ3n) is 3.72. The van der Waals surface area contributed by atoms with Crippen LogP contribution in [0.4, 0.5) is 17.3 Å². The molecule has 2 rings (SSSR count). The first-order valence-corrected chi connectivity index (χ1v) is 6.18. The molecule has 0 radical (unpaired) electrons. The zero-order valence-electron chi connectivity index (χ0n) is 10.7. The average Bonchev–Trinajstić information content (AvgIpc) is 2.32. The highest BCUT2D eigenvalue weighted by Crippen LogP contribution is 2.33. The molecule has 0 spiro atoms. The predicted molar refractivity (Wildman–Crippen MR) is 70.5 cm³/mol. The van der Waals surface area contributed by atoms with Crippen molar-refractivity contribution in [2.75, 3.05) is 17.2 Å². The molecule has 2 heterocycles. The second-order valence-electron chi connectivity index (χ2n) is 4.89. The monoisotopic (exact) mass is 250 g/mol. The van der Waals surface area contributed by atoms with Gasteiger partial charge in [-0.2, -0.15) is 0 Å². The molecule has 0 bridgehead atoms. The van der Waals surface area contributed by atoms with E-state index in [0.29, 0.717) is 17.6 Å². The Morgan fingerprint density at radius 2 is 2.22 bits per heavy atom. The van der Waals surface area contributed by atoms with Gasteiger partial charge in [-0.1, -0.05) is 6.92 Å². The molecule has 6 heteroatoms. The number of nitro groups is 1. The third-order valence-corrected chi connectivity index (χ3v) is 3.72. The largest absolute Gasteiger partial charge is 0.384 e. The van der Waals surface area contributed by atoms with Gasteiger partial charge >= 0.3 is 5.69 Å². The highest BCUT2D eigenvalue weighted by atomic mass is 16.6. The van der Waals surface area contributed by atoms with E-state index in [2.05, 4.69) is 18.8 Å². The van der Waals surface area contributed by atoms with Crippen LogP contribution in [0.2, 0.25) is 0 Å². The van der Waals surface area contributed by atoms with Gasteiger partial charge in [0, 0.05) is 18.7 Å². The Morgan fingerprint density at radius 1 is 1.50 bits per heavy atom. The van der Waals surface area contributed by atoms with Crippen LogP contribution in [-0.4, -0.2) is 22.5 Å². The van der Waals surface area contributed by atoms with Crippen LogP contribution in [0.15, 0.2) is 12.1 Å². The maximum atomic E-state index is 11.1. The summed E-state index contributed by atoms with van der Waals surface area (Å²) in [6.45, 7) is 5.04. The Kier molecular flexibility index (Phi) is 3.36. The molecule has 0 aliphatic carbocycles. The summed E-state index contributed by atoms with van der Waals surface area (Å²) < 4.78 is 0. The highest BCUT2D eigenvalue weighted by Gasteiger charge is 2.30. The predicted octanol–water partition coefficient (Wildman–Crippen LogP) is 2.20. The van der Waals surface area contributed by atoms with Crippen LogP contribution in [-0.2, 0) is 0 Å². The molecule has 98 valence electrons. The van der Waals surface area contributed by atoms with E-state index in [1.54, 1.807) is 0 Å². The van der Waals surface area contributed by atoms with Crippen molar-refractivity contribution >= 4 is 17.3 Å². The maximum Gasteiger partial charge on any atom is 0.311 e. The number of rotatable bonds is 2. The van der Waals surface area contributed by atoms with Crippen molar-refractivity contribution in [3.63, 3.8) is 0 Å². The quantitative estimate of drug-likeness (QED) is 0.642. The minimum absolute atomic E-state index is 0.0325. The molecule has 0 saturated carbocycles. The number of aromatic nitrogens is 1. The van der Waals surface area contributed by atoms with Crippen molar-refractivity contribution in [3.05, 3.63) is 22.2 Å². The number of nitrogens with zero attached hydrogens (tertiary/aromatic N) is 3. The van der Waals surface area contributed by atoms with Crippen LogP contribution in [0.25, 0.3) is 0 Å². The molecule has 2 N–H and O–H groups in total. The lowest BCUT2D eigenvalue weighted by Crippen LogP contribution is -2.43. The summed E-state index contributed by atoms with van der Waals surface area (Å²) in [5, 5.41) is 11.1. The lowest BCUT2D eigenvalue weighted by atomic mass is 9.92. The van der Waals surface area contributed by atoms with E-state index in [9.17, 15) is 10.1 Å². The minimum atomic E-state index is -0.395. The Morgan fingerprint density at radius 3 is 2.89 bits per heavy atom.